The molecule has 6 N–H and O–H groups in total. The number of hydrogen-bond donors (Lipinski definition) is 5. The van der Waals surface area contributed by atoms with Crippen molar-refractivity contribution in [1.82, 2.24) is 20.4 Å². The Hall–Kier alpha value is -2.34. The summed E-state index contributed by atoms with van der Waals surface area (Å²) in [7, 11) is -1.38. The molecule has 1 unspecified atom stereocenters. The largest absolute Gasteiger partial charge is 0.355 e. The van der Waals surface area contributed by atoms with Crippen LogP contribution in [0.4, 0.5) is 11.6 Å². The Kier molecular flexibility index (Phi) is 5.93. The fraction of sp³-hybridized carbons (Fsp3) is 0.133. The number of pyridine rings is 1. The Balaban J connectivity index is 1.95. The molecule has 0 amide bonds. The zero-order valence-corrected chi connectivity index (χ0v) is 15.8. The highest BCUT2D eigenvalue weighted by molar-refractivity contribution is 9.10. The fourth-order valence-corrected chi connectivity index (χ4v) is 2.97. The van der Waals surface area contributed by atoms with Gasteiger partial charge in [0.05, 0.1) is 27.9 Å². The SMILES string of the molecule is NS(=O)CCNc1nc2nccc(C(=Nc3cccc(Br)c3)NO)c2[nH]1. The molecule has 3 aromatic rings. The van der Waals surface area contributed by atoms with Crippen molar-refractivity contribution in [3.8, 4) is 0 Å². The van der Waals surface area contributed by atoms with Gasteiger partial charge in [-0.2, -0.15) is 4.98 Å². The summed E-state index contributed by atoms with van der Waals surface area (Å²) in [6, 6.07) is 9.08. The first-order chi connectivity index (χ1) is 12.6. The van der Waals surface area contributed by atoms with E-state index >= 15 is 0 Å². The summed E-state index contributed by atoms with van der Waals surface area (Å²) in [4.78, 5) is 16.0. The molecule has 3 rings (SSSR count). The van der Waals surface area contributed by atoms with Crippen molar-refractivity contribution >= 4 is 55.6 Å². The molecule has 0 fully saturated rings. The second-order valence-corrected chi connectivity index (χ2v) is 7.29. The van der Waals surface area contributed by atoms with E-state index in [4.69, 9.17) is 5.14 Å². The van der Waals surface area contributed by atoms with Crippen LogP contribution in [-0.4, -0.2) is 42.5 Å². The summed E-state index contributed by atoms with van der Waals surface area (Å²) in [6.45, 7) is 0.398. The highest BCUT2D eigenvalue weighted by atomic mass is 79.9. The molecule has 9 nitrogen and oxygen atoms in total. The average Bonchev–Trinajstić information content (AvgIpc) is 3.02. The molecule has 0 aliphatic rings. The lowest BCUT2D eigenvalue weighted by Gasteiger charge is -2.06. The summed E-state index contributed by atoms with van der Waals surface area (Å²) in [5, 5.41) is 17.8. The van der Waals surface area contributed by atoms with E-state index in [0.717, 1.165) is 4.47 Å². The van der Waals surface area contributed by atoms with Gasteiger partial charge in [0.2, 0.25) is 5.95 Å². The number of benzene rings is 1. The predicted molar refractivity (Wildman–Crippen MR) is 105 cm³/mol. The van der Waals surface area contributed by atoms with Crippen LogP contribution in [0.1, 0.15) is 5.56 Å². The summed E-state index contributed by atoms with van der Waals surface area (Å²) in [5.74, 6) is 1.00. The molecule has 0 spiro atoms. The number of halogens is 1. The maximum Gasteiger partial charge on any atom is 0.202 e. The number of aromatic amines is 1. The quantitative estimate of drug-likeness (QED) is 0.226. The summed E-state index contributed by atoms with van der Waals surface area (Å²) < 4.78 is 11.8. The molecule has 0 bridgehead atoms. The Morgan fingerprint density at radius 2 is 2.27 bits per heavy atom. The van der Waals surface area contributed by atoms with Crippen LogP contribution in [0, 0.1) is 0 Å². The van der Waals surface area contributed by atoms with E-state index in [-0.39, 0.29) is 5.84 Å². The number of anilines is 1. The van der Waals surface area contributed by atoms with Crippen LogP contribution in [-0.2, 0) is 11.0 Å². The highest BCUT2D eigenvalue weighted by Crippen LogP contribution is 2.21. The number of amidine groups is 1. The van der Waals surface area contributed by atoms with Crippen molar-refractivity contribution < 1.29 is 9.42 Å². The minimum atomic E-state index is -1.38. The summed E-state index contributed by atoms with van der Waals surface area (Å²) in [5.41, 5.74) is 4.43. The zero-order valence-electron chi connectivity index (χ0n) is 13.4. The lowest BCUT2D eigenvalue weighted by molar-refractivity contribution is 0.235. The number of aromatic nitrogens is 3. The summed E-state index contributed by atoms with van der Waals surface area (Å²) >= 11 is 3.39. The average molecular weight is 438 g/mol. The topological polar surface area (TPSA) is 141 Å². The zero-order chi connectivity index (χ0) is 18.5. The number of nitrogens with zero attached hydrogens (tertiary/aromatic N) is 3. The molecule has 1 aromatic carbocycles. The number of hydroxylamine groups is 1. The van der Waals surface area contributed by atoms with E-state index in [1.165, 1.54) is 0 Å². The Labute approximate surface area is 159 Å². The van der Waals surface area contributed by atoms with Crippen LogP contribution >= 0.6 is 15.9 Å². The molecule has 1 atom stereocenters. The standard InChI is InChI=1S/C15H16BrN7O2S/c16-9-2-1-3-10(8-9)20-13(23-24)11-4-5-18-14-12(11)21-15(22-14)19-6-7-26(17)25/h1-5,8,24H,6-7,17H2,(H,20,23)(H2,18,19,21,22). The van der Waals surface area contributed by atoms with Gasteiger partial charge in [0, 0.05) is 22.8 Å². The van der Waals surface area contributed by atoms with Crippen LogP contribution in [0.2, 0.25) is 0 Å². The molecular formula is C15H16BrN7O2S. The second kappa shape index (κ2) is 8.36. The van der Waals surface area contributed by atoms with E-state index in [1.807, 2.05) is 24.3 Å². The number of H-pyrrole nitrogens is 1. The molecule has 2 heterocycles. The van der Waals surface area contributed by atoms with Gasteiger partial charge in [-0.15, -0.1) is 0 Å². The molecule has 0 saturated carbocycles. The third kappa shape index (κ3) is 4.43. The first-order valence-corrected chi connectivity index (χ1v) is 9.70. The van der Waals surface area contributed by atoms with Gasteiger partial charge >= 0.3 is 0 Å². The number of imidazole rings is 1. The van der Waals surface area contributed by atoms with Crippen LogP contribution in [0.25, 0.3) is 11.2 Å². The predicted octanol–water partition coefficient (Wildman–Crippen LogP) is 1.81. The molecule has 26 heavy (non-hydrogen) atoms. The molecule has 2 aromatic heterocycles. The molecule has 0 aliphatic heterocycles. The molecule has 0 radical (unpaired) electrons. The lowest BCUT2D eigenvalue weighted by atomic mass is 10.2. The van der Waals surface area contributed by atoms with Gasteiger partial charge in [-0.1, -0.05) is 22.0 Å². The first-order valence-electron chi connectivity index (χ1n) is 7.53. The van der Waals surface area contributed by atoms with E-state index in [0.29, 0.717) is 40.7 Å². The molecule has 0 saturated heterocycles. The van der Waals surface area contributed by atoms with Gasteiger partial charge in [0.15, 0.2) is 11.5 Å². The number of fused-ring (bicyclic) bond motifs is 1. The number of rotatable bonds is 6. The van der Waals surface area contributed by atoms with Crippen LogP contribution in [0.15, 0.2) is 46.0 Å². The molecular weight excluding hydrogens is 422 g/mol. The van der Waals surface area contributed by atoms with Crippen LogP contribution in [0.3, 0.4) is 0 Å². The van der Waals surface area contributed by atoms with E-state index in [1.54, 1.807) is 12.3 Å². The fourth-order valence-electron chi connectivity index (χ4n) is 2.28. The van der Waals surface area contributed by atoms with Crippen LogP contribution < -0.4 is 15.9 Å². The third-order valence-corrected chi connectivity index (χ3v) is 4.50. The lowest BCUT2D eigenvalue weighted by Crippen LogP contribution is -2.20. The van der Waals surface area contributed by atoms with Crippen molar-refractivity contribution in [1.29, 1.82) is 0 Å². The van der Waals surface area contributed by atoms with E-state index in [2.05, 4.69) is 46.7 Å². The first kappa shape index (κ1) is 18.5. The second-order valence-electron chi connectivity index (χ2n) is 5.21. The van der Waals surface area contributed by atoms with Crippen LogP contribution in [0.5, 0.6) is 0 Å². The molecule has 136 valence electrons. The maximum absolute atomic E-state index is 10.9. The van der Waals surface area contributed by atoms with Crippen molar-refractivity contribution in [2.45, 2.75) is 0 Å². The van der Waals surface area contributed by atoms with Gasteiger partial charge in [-0.3, -0.25) is 15.8 Å². The Bertz CT molecular complexity index is 976. The monoisotopic (exact) mass is 437 g/mol. The van der Waals surface area contributed by atoms with Crippen molar-refractivity contribution in [2.24, 2.45) is 10.1 Å². The van der Waals surface area contributed by atoms with E-state index < -0.39 is 11.0 Å². The van der Waals surface area contributed by atoms with Crippen molar-refractivity contribution in [3.05, 3.63) is 46.6 Å². The smallest absolute Gasteiger partial charge is 0.202 e. The Morgan fingerprint density at radius 1 is 1.42 bits per heavy atom. The maximum atomic E-state index is 10.9. The van der Waals surface area contributed by atoms with Gasteiger partial charge < -0.3 is 10.3 Å². The van der Waals surface area contributed by atoms with Crippen molar-refractivity contribution in [2.75, 3.05) is 17.6 Å². The van der Waals surface area contributed by atoms with Gasteiger partial charge in [0.1, 0.15) is 0 Å². The van der Waals surface area contributed by atoms with E-state index in [9.17, 15) is 9.42 Å². The molecule has 0 aliphatic carbocycles. The third-order valence-electron chi connectivity index (χ3n) is 3.40. The number of nitrogens with two attached hydrogens (primary N) is 1. The van der Waals surface area contributed by atoms with Crippen molar-refractivity contribution in [3.63, 3.8) is 0 Å². The van der Waals surface area contributed by atoms with Gasteiger partial charge in [0.25, 0.3) is 0 Å². The normalized spacial score (nSPS) is 13.0. The summed E-state index contributed by atoms with van der Waals surface area (Å²) in [6.07, 6.45) is 1.57. The number of aliphatic imine (C=N–C) groups is 1. The Morgan fingerprint density at radius 3 is 3.00 bits per heavy atom. The number of hydrogen-bond acceptors (Lipinski definition) is 6. The minimum Gasteiger partial charge on any atom is -0.355 e. The highest BCUT2D eigenvalue weighted by Gasteiger charge is 2.13. The van der Waals surface area contributed by atoms with Gasteiger partial charge in [-0.25, -0.2) is 14.2 Å². The van der Waals surface area contributed by atoms with Gasteiger partial charge in [-0.05, 0) is 24.3 Å². The minimum absolute atomic E-state index is 0.244. The number of nitrogens with one attached hydrogen (secondary N) is 3. The molecule has 11 heteroatoms.